The Labute approximate surface area is 182 Å². The number of hydrogen-bond acceptors (Lipinski definition) is 4. The van der Waals surface area contributed by atoms with E-state index in [1.807, 2.05) is 0 Å². The summed E-state index contributed by atoms with van der Waals surface area (Å²) in [5.74, 6) is -1.10. The summed E-state index contributed by atoms with van der Waals surface area (Å²) in [5.41, 5.74) is 2.48. The van der Waals surface area contributed by atoms with E-state index in [1.54, 1.807) is 43.3 Å². The first-order chi connectivity index (χ1) is 14.3. The second-order valence-electron chi connectivity index (χ2n) is 6.56. The first kappa shape index (κ1) is 21.3. The zero-order valence-corrected chi connectivity index (χ0v) is 17.2. The second kappa shape index (κ2) is 8.95. The summed E-state index contributed by atoms with van der Waals surface area (Å²) in [7, 11) is 0. The first-order valence-corrected chi connectivity index (χ1v) is 9.56. The van der Waals surface area contributed by atoms with Crippen LogP contribution in [-0.2, 0) is 0 Å². The van der Waals surface area contributed by atoms with E-state index >= 15 is 0 Å². The number of carbonyl (C=O) groups is 1. The molecule has 8 heteroatoms. The standard InChI is InChI=1S/C22H15Cl2N3O3/c1-13-9-18(19(12-25)14-5-7-16(23)8-6-14)20(24)11-21(13)26-22(28)15-3-2-4-17(10-15)27(29)30/h2-11,19H,1H3,(H,26,28). The number of nitriles is 1. The van der Waals surface area contributed by atoms with E-state index in [4.69, 9.17) is 23.2 Å². The topological polar surface area (TPSA) is 96.0 Å². The normalized spacial score (nSPS) is 11.4. The van der Waals surface area contributed by atoms with Crippen molar-refractivity contribution in [1.82, 2.24) is 0 Å². The molecule has 0 aromatic heterocycles. The number of aryl methyl sites for hydroxylation is 1. The van der Waals surface area contributed by atoms with Crippen LogP contribution in [0.1, 0.15) is 33.0 Å². The molecule has 0 heterocycles. The maximum Gasteiger partial charge on any atom is 0.270 e. The Morgan fingerprint density at radius 1 is 1.13 bits per heavy atom. The summed E-state index contributed by atoms with van der Waals surface area (Å²) in [6.07, 6.45) is 0. The highest BCUT2D eigenvalue weighted by Gasteiger charge is 2.19. The lowest BCUT2D eigenvalue weighted by Gasteiger charge is -2.16. The van der Waals surface area contributed by atoms with Crippen molar-refractivity contribution in [3.63, 3.8) is 0 Å². The number of nitro benzene ring substituents is 1. The Bertz CT molecular complexity index is 1170. The van der Waals surface area contributed by atoms with Crippen molar-refractivity contribution in [2.75, 3.05) is 5.32 Å². The van der Waals surface area contributed by atoms with Gasteiger partial charge in [-0.15, -0.1) is 0 Å². The maximum absolute atomic E-state index is 12.5. The van der Waals surface area contributed by atoms with E-state index in [-0.39, 0.29) is 11.3 Å². The SMILES string of the molecule is Cc1cc(C(C#N)c2ccc(Cl)cc2)c(Cl)cc1NC(=O)c1cccc([N+](=O)[O-])c1. The molecule has 0 spiro atoms. The molecule has 0 aliphatic rings. The summed E-state index contributed by atoms with van der Waals surface area (Å²) in [4.78, 5) is 22.9. The molecule has 3 aromatic carbocycles. The highest BCUT2D eigenvalue weighted by Crippen LogP contribution is 2.34. The van der Waals surface area contributed by atoms with Crippen molar-refractivity contribution in [3.05, 3.63) is 103 Å². The smallest absolute Gasteiger partial charge is 0.270 e. The highest BCUT2D eigenvalue weighted by molar-refractivity contribution is 6.32. The number of anilines is 1. The molecular formula is C22H15Cl2N3O3. The molecule has 0 saturated carbocycles. The fraction of sp³-hybridized carbons (Fsp3) is 0.0909. The van der Waals surface area contributed by atoms with E-state index in [0.29, 0.717) is 26.9 Å². The molecule has 0 fully saturated rings. The Morgan fingerprint density at radius 2 is 1.83 bits per heavy atom. The van der Waals surface area contributed by atoms with E-state index < -0.39 is 16.7 Å². The summed E-state index contributed by atoms with van der Waals surface area (Å²) >= 11 is 12.4. The molecule has 3 aromatic rings. The van der Waals surface area contributed by atoms with Crippen molar-refractivity contribution in [1.29, 1.82) is 5.26 Å². The summed E-state index contributed by atoms with van der Waals surface area (Å²) in [5, 5.41) is 24.2. The molecule has 3 rings (SSSR count). The van der Waals surface area contributed by atoms with Crippen molar-refractivity contribution in [2.45, 2.75) is 12.8 Å². The Balaban J connectivity index is 1.90. The lowest BCUT2D eigenvalue weighted by atomic mass is 9.91. The van der Waals surface area contributed by atoms with Crippen LogP contribution in [0.25, 0.3) is 0 Å². The van der Waals surface area contributed by atoms with Gasteiger partial charge in [0, 0.05) is 33.4 Å². The Morgan fingerprint density at radius 3 is 2.47 bits per heavy atom. The van der Waals surface area contributed by atoms with Gasteiger partial charge < -0.3 is 5.32 Å². The minimum atomic E-state index is -0.602. The van der Waals surface area contributed by atoms with Gasteiger partial charge in [-0.05, 0) is 47.9 Å². The number of hydrogen-bond donors (Lipinski definition) is 1. The quantitative estimate of drug-likeness (QED) is 0.382. The molecular weight excluding hydrogens is 425 g/mol. The van der Waals surface area contributed by atoms with E-state index in [9.17, 15) is 20.2 Å². The number of non-ortho nitro benzene ring substituents is 1. The molecule has 1 unspecified atom stereocenters. The van der Waals surface area contributed by atoms with Crippen LogP contribution in [0.2, 0.25) is 10.0 Å². The zero-order valence-electron chi connectivity index (χ0n) is 15.7. The molecule has 1 amide bonds. The number of nitrogens with zero attached hydrogens (tertiary/aromatic N) is 2. The van der Waals surface area contributed by atoms with Gasteiger partial charge in [-0.3, -0.25) is 14.9 Å². The Hall–Kier alpha value is -3.40. The minimum absolute atomic E-state index is 0.153. The largest absolute Gasteiger partial charge is 0.322 e. The number of nitro groups is 1. The number of benzene rings is 3. The molecule has 1 N–H and O–H groups in total. The minimum Gasteiger partial charge on any atom is -0.322 e. The van der Waals surface area contributed by atoms with Gasteiger partial charge in [-0.25, -0.2) is 0 Å². The zero-order chi connectivity index (χ0) is 21.8. The number of rotatable bonds is 5. The molecule has 150 valence electrons. The van der Waals surface area contributed by atoms with Gasteiger partial charge in [-0.1, -0.05) is 47.5 Å². The van der Waals surface area contributed by atoms with Gasteiger partial charge >= 0.3 is 0 Å². The molecule has 30 heavy (non-hydrogen) atoms. The first-order valence-electron chi connectivity index (χ1n) is 8.81. The summed E-state index contributed by atoms with van der Waals surface area (Å²) < 4.78 is 0. The van der Waals surface area contributed by atoms with Gasteiger partial charge in [0.2, 0.25) is 0 Å². The number of halogens is 2. The lowest BCUT2D eigenvalue weighted by molar-refractivity contribution is -0.384. The van der Waals surface area contributed by atoms with Crippen molar-refractivity contribution >= 4 is 40.5 Å². The third-order valence-corrected chi connectivity index (χ3v) is 5.13. The molecule has 0 aliphatic heterocycles. The van der Waals surface area contributed by atoms with Crippen LogP contribution < -0.4 is 5.32 Å². The van der Waals surface area contributed by atoms with Gasteiger partial charge in [-0.2, -0.15) is 5.26 Å². The number of nitrogens with one attached hydrogen (secondary N) is 1. The molecule has 6 nitrogen and oxygen atoms in total. The van der Waals surface area contributed by atoms with Crippen molar-refractivity contribution in [2.24, 2.45) is 0 Å². The molecule has 1 atom stereocenters. The molecule has 0 bridgehead atoms. The van der Waals surface area contributed by atoms with Gasteiger partial charge in [0.05, 0.1) is 16.9 Å². The van der Waals surface area contributed by atoms with E-state index in [1.165, 1.54) is 24.3 Å². The van der Waals surface area contributed by atoms with Crippen LogP contribution in [0.15, 0.2) is 60.7 Å². The lowest BCUT2D eigenvalue weighted by Crippen LogP contribution is -2.13. The molecule has 0 saturated heterocycles. The van der Waals surface area contributed by atoms with Crippen LogP contribution in [0.5, 0.6) is 0 Å². The van der Waals surface area contributed by atoms with Crippen molar-refractivity contribution in [3.8, 4) is 6.07 Å². The third-order valence-electron chi connectivity index (χ3n) is 4.55. The van der Waals surface area contributed by atoms with Crippen LogP contribution in [-0.4, -0.2) is 10.8 Å². The van der Waals surface area contributed by atoms with E-state index in [0.717, 1.165) is 5.56 Å². The average Bonchev–Trinajstić information content (AvgIpc) is 2.73. The highest BCUT2D eigenvalue weighted by atomic mass is 35.5. The van der Waals surface area contributed by atoms with Gasteiger partial charge in [0.1, 0.15) is 0 Å². The second-order valence-corrected chi connectivity index (χ2v) is 7.41. The van der Waals surface area contributed by atoms with Crippen LogP contribution in [0.3, 0.4) is 0 Å². The fourth-order valence-corrected chi connectivity index (χ4v) is 3.39. The van der Waals surface area contributed by atoms with Crippen LogP contribution in [0.4, 0.5) is 11.4 Å². The predicted molar refractivity (Wildman–Crippen MR) is 116 cm³/mol. The number of carbonyl (C=O) groups excluding carboxylic acids is 1. The van der Waals surface area contributed by atoms with Gasteiger partial charge in [0.25, 0.3) is 11.6 Å². The molecule has 0 aliphatic carbocycles. The molecule has 0 radical (unpaired) electrons. The third kappa shape index (κ3) is 4.60. The average molecular weight is 440 g/mol. The maximum atomic E-state index is 12.5. The number of amides is 1. The monoisotopic (exact) mass is 439 g/mol. The van der Waals surface area contributed by atoms with Gasteiger partial charge in [0.15, 0.2) is 0 Å². The van der Waals surface area contributed by atoms with Crippen molar-refractivity contribution < 1.29 is 9.72 Å². The Kier molecular flexibility index (Phi) is 6.36. The van der Waals surface area contributed by atoms with Crippen LogP contribution in [0, 0.1) is 28.4 Å². The summed E-state index contributed by atoms with van der Waals surface area (Å²) in [6, 6.07) is 17.9. The summed E-state index contributed by atoms with van der Waals surface area (Å²) in [6.45, 7) is 1.78. The fourth-order valence-electron chi connectivity index (χ4n) is 2.99. The van der Waals surface area contributed by atoms with Crippen LogP contribution >= 0.6 is 23.2 Å². The van der Waals surface area contributed by atoms with E-state index in [2.05, 4.69) is 11.4 Å². The predicted octanol–water partition coefficient (Wildman–Crippen LogP) is 6.12.